The summed E-state index contributed by atoms with van der Waals surface area (Å²) in [5.41, 5.74) is 1.80. The van der Waals surface area contributed by atoms with Crippen LogP contribution in [0.25, 0.3) is 0 Å². The molecule has 0 aliphatic carbocycles. The number of likely N-dealkylation sites (tertiary alicyclic amines) is 1. The molecule has 0 unspecified atom stereocenters. The van der Waals surface area contributed by atoms with Crippen molar-refractivity contribution >= 4 is 17.5 Å². The Hall–Kier alpha value is -2.62. The molecule has 4 heteroatoms. The molecule has 4 nitrogen and oxygen atoms in total. The molecule has 1 fully saturated rings. The van der Waals surface area contributed by atoms with E-state index in [0.29, 0.717) is 19.5 Å². The molecule has 0 N–H and O–H groups in total. The molecule has 0 bridgehead atoms. The lowest BCUT2D eigenvalue weighted by Gasteiger charge is -2.28. The standard InChI is InChI=1S/C19H20N2O2/c22-18-12-7-13-20(18)15-21(17-10-5-2-6-11-17)19(23)14-16-8-3-1-4-9-16/h1-6,8-11H,7,12-15H2. The van der Waals surface area contributed by atoms with Crippen molar-refractivity contribution in [3.63, 3.8) is 0 Å². The van der Waals surface area contributed by atoms with Gasteiger partial charge < -0.3 is 4.90 Å². The molecule has 118 valence electrons. The summed E-state index contributed by atoms with van der Waals surface area (Å²) in [6.45, 7) is 1.05. The van der Waals surface area contributed by atoms with E-state index < -0.39 is 0 Å². The molecule has 2 aromatic carbocycles. The normalized spacial score (nSPS) is 14.1. The molecule has 2 aromatic rings. The van der Waals surface area contributed by atoms with Gasteiger partial charge in [0.2, 0.25) is 11.8 Å². The van der Waals surface area contributed by atoms with Gasteiger partial charge in [-0.15, -0.1) is 0 Å². The van der Waals surface area contributed by atoms with Crippen LogP contribution in [0.3, 0.4) is 0 Å². The molecule has 23 heavy (non-hydrogen) atoms. The Balaban J connectivity index is 1.79. The van der Waals surface area contributed by atoms with E-state index in [0.717, 1.165) is 24.2 Å². The molecular formula is C19H20N2O2. The lowest BCUT2D eigenvalue weighted by molar-refractivity contribution is -0.128. The maximum atomic E-state index is 12.8. The molecule has 0 saturated carbocycles. The van der Waals surface area contributed by atoms with Crippen LogP contribution in [0, 0.1) is 0 Å². The van der Waals surface area contributed by atoms with Gasteiger partial charge in [-0.2, -0.15) is 0 Å². The summed E-state index contributed by atoms with van der Waals surface area (Å²) in [5.74, 6) is 0.126. The second kappa shape index (κ2) is 7.09. The predicted molar refractivity (Wildman–Crippen MR) is 89.9 cm³/mol. The van der Waals surface area contributed by atoms with Crippen LogP contribution >= 0.6 is 0 Å². The lowest BCUT2D eigenvalue weighted by atomic mass is 10.1. The summed E-state index contributed by atoms with van der Waals surface area (Å²) >= 11 is 0. The average molecular weight is 308 g/mol. The molecular weight excluding hydrogens is 288 g/mol. The SMILES string of the molecule is O=C1CCCN1CN(C(=O)Cc1ccccc1)c1ccccc1. The maximum absolute atomic E-state index is 12.8. The molecule has 1 aliphatic rings. The maximum Gasteiger partial charge on any atom is 0.232 e. The Morgan fingerprint density at radius 1 is 1.00 bits per heavy atom. The molecule has 1 saturated heterocycles. The van der Waals surface area contributed by atoms with E-state index in [2.05, 4.69) is 0 Å². The first kappa shape index (κ1) is 15.3. The number of carbonyl (C=O) groups is 2. The number of anilines is 1. The van der Waals surface area contributed by atoms with Crippen LogP contribution in [0.4, 0.5) is 5.69 Å². The quantitative estimate of drug-likeness (QED) is 0.852. The van der Waals surface area contributed by atoms with E-state index in [9.17, 15) is 9.59 Å². The van der Waals surface area contributed by atoms with Crippen LogP contribution in [0.2, 0.25) is 0 Å². The number of rotatable bonds is 5. The van der Waals surface area contributed by atoms with Crippen molar-refractivity contribution in [1.29, 1.82) is 0 Å². The monoisotopic (exact) mass is 308 g/mol. The molecule has 3 rings (SSSR count). The molecule has 0 radical (unpaired) electrons. The Morgan fingerprint density at radius 3 is 2.26 bits per heavy atom. The van der Waals surface area contributed by atoms with Gasteiger partial charge in [-0.25, -0.2) is 0 Å². The van der Waals surface area contributed by atoms with Crippen LogP contribution in [-0.4, -0.2) is 29.9 Å². The van der Waals surface area contributed by atoms with Crippen molar-refractivity contribution in [2.24, 2.45) is 0 Å². The van der Waals surface area contributed by atoms with Gasteiger partial charge in [0.05, 0.1) is 6.42 Å². The fourth-order valence-electron chi connectivity index (χ4n) is 2.80. The minimum Gasteiger partial charge on any atom is -0.324 e. The van der Waals surface area contributed by atoms with Crippen LogP contribution in [0.1, 0.15) is 18.4 Å². The van der Waals surface area contributed by atoms with Crippen molar-refractivity contribution in [2.75, 3.05) is 18.1 Å². The number of carbonyl (C=O) groups excluding carboxylic acids is 2. The van der Waals surface area contributed by atoms with Gasteiger partial charge in [-0.1, -0.05) is 48.5 Å². The van der Waals surface area contributed by atoms with Gasteiger partial charge in [0.25, 0.3) is 0 Å². The number of amides is 2. The van der Waals surface area contributed by atoms with Crippen LogP contribution in [-0.2, 0) is 16.0 Å². The van der Waals surface area contributed by atoms with E-state index >= 15 is 0 Å². The van der Waals surface area contributed by atoms with Crippen LogP contribution in [0.15, 0.2) is 60.7 Å². The molecule has 1 heterocycles. The van der Waals surface area contributed by atoms with E-state index in [1.54, 1.807) is 9.80 Å². The number of hydrogen-bond donors (Lipinski definition) is 0. The number of para-hydroxylation sites is 1. The third kappa shape index (κ3) is 3.77. The zero-order valence-corrected chi connectivity index (χ0v) is 13.0. The van der Waals surface area contributed by atoms with Crippen molar-refractivity contribution in [1.82, 2.24) is 4.90 Å². The van der Waals surface area contributed by atoms with Gasteiger partial charge in [0, 0.05) is 18.7 Å². The van der Waals surface area contributed by atoms with Gasteiger partial charge in [0.15, 0.2) is 0 Å². The van der Waals surface area contributed by atoms with Gasteiger partial charge in [-0.05, 0) is 24.1 Å². The molecule has 2 amide bonds. The van der Waals surface area contributed by atoms with Gasteiger partial charge in [0.1, 0.15) is 6.67 Å². The van der Waals surface area contributed by atoms with E-state index in [1.165, 1.54) is 0 Å². The third-order valence-electron chi connectivity index (χ3n) is 4.05. The summed E-state index contributed by atoms with van der Waals surface area (Å²) in [5, 5.41) is 0. The minimum absolute atomic E-state index is 0.00194. The Bertz CT molecular complexity index is 670. The summed E-state index contributed by atoms with van der Waals surface area (Å²) in [6, 6.07) is 19.2. The van der Waals surface area contributed by atoms with Crippen molar-refractivity contribution in [2.45, 2.75) is 19.3 Å². The van der Waals surface area contributed by atoms with E-state index in [1.807, 2.05) is 60.7 Å². The van der Waals surface area contributed by atoms with Crippen LogP contribution in [0.5, 0.6) is 0 Å². The summed E-state index contributed by atoms with van der Waals surface area (Å²) in [6.07, 6.45) is 1.78. The van der Waals surface area contributed by atoms with E-state index in [-0.39, 0.29) is 11.8 Å². The third-order valence-corrected chi connectivity index (χ3v) is 4.05. The average Bonchev–Trinajstić information content (AvgIpc) is 2.99. The van der Waals surface area contributed by atoms with Crippen molar-refractivity contribution in [3.05, 3.63) is 66.2 Å². The van der Waals surface area contributed by atoms with Crippen molar-refractivity contribution in [3.8, 4) is 0 Å². The first-order valence-corrected chi connectivity index (χ1v) is 7.91. The van der Waals surface area contributed by atoms with Crippen molar-refractivity contribution < 1.29 is 9.59 Å². The smallest absolute Gasteiger partial charge is 0.232 e. The molecule has 0 atom stereocenters. The highest BCUT2D eigenvalue weighted by Crippen LogP contribution is 2.18. The second-order valence-electron chi connectivity index (χ2n) is 5.72. The molecule has 0 aromatic heterocycles. The van der Waals surface area contributed by atoms with E-state index in [4.69, 9.17) is 0 Å². The number of benzene rings is 2. The highest BCUT2D eigenvalue weighted by molar-refractivity contribution is 5.95. The Labute approximate surface area is 136 Å². The topological polar surface area (TPSA) is 40.6 Å². The summed E-state index contributed by atoms with van der Waals surface area (Å²) < 4.78 is 0. The summed E-state index contributed by atoms with van der Waals surface area (Å²) in [4.78, 5) is 28.2. The zero-order chi connectivity index (χ0) is 16.1. The highest BCUT2D eigenvalue weighted by atomic mass is 16.2. The largest absolute Gasteiger partial charge is 0.324 e. The first-order valence-electron chi connectivity index (χ1n) is 7.91. The number of hydrogen-bond acceptors (Lipinski definition) is 2. The Morgan fingerprint density at radius 2 is 1.65 bits per heavy atom. The Kier molecular flexibility index (Phi) is 4.71. The van der Waals surface area contributed by atoms with Crippen LogP contribution < -0.4 is 4.90 Å². The second-order valence-corrected chi connectivity index (χ2v) is 5.72. The number of nitrogens with zero attached hydrogens (tertiary/aromatic N) is 2. The first-order chi connectivity index (χ1) is 11.2. The molecule has 1 aliphatic heterocycles. The fourth-order valence-corrected chi connectivity index (χ4v) is 2.80. The highest BCUT2D eigenvalue weighted by Gasteiger charge is 2.25. The predicted octanol–water partition coefficient (Wildman–Crippen LogP) is 2.84. The van der Waals surface area contributed by atoms with Gasteiger partial charge in [-0.3, -0.25) is 14.5 Å². The lowest BCUT2D eigenvalue weighted by Crippen LogP contribution is -2.43. The zero-order valence-electron chi connectivity index (χ0n) is 13.0. The molecule has 0 spiro atoms. The fraction of sp³-hybridized carbons (Fsp3) is 0.263. The van der Waals surface area contributed by atoms with Gasteiger partial charge >= 0.3 is 0 Å². The summed E-state index contributed by atoms with van der Waals surface area (Å²) in [7, 11) is 0. The minimum atomic E-state index is 0.00194.